The fraction of sp³-hybridized carbons (Fsp3) is 1.00. The van der Waals surface area contributed by atoms with Gasteiger partial charge in [-0.05, 0) is 50.2 Å². The smallest absolute Gasteiger partial charge is 0.0309 e. The minimum atomic E-state index is 0.397. The molecule has 0 aromatic rings. The molecule has 3 heteroatoms. The van der Waals surface area contributed by atoms with Crippen molar-refractivity contribution in [1.82, 2.24) is 10.2 Å². The maximum atomic E-state index is 3.90. The van der Waals surface area contributed by atoms with Gasteiger partial charge < -0.3 is 5.32 Å². The van der Waals surface area contributed by atoms with Gasteiger partial charge in [-0.2, -0.15) is 11.8 Å². The van der Waals surface area contributed by atoms with Crippen LogP contribution < -0.4 is 5.32 Å². The fourth-order valence-electron chi connectivity index (χ4n) is 3.96. The highest BCUT2D eigenvalue weighted by Crippen LogP contribution is 2.42. The first kappa shape index (κ1) is 14.2. The minimum Gasteiger partial charge on any atom is -0.308 e. The second-order valence-corrected chi connectivity index (χ2v) is 8.86. The van der Waals surface area contributed by atoms with E-state index >= 15 is 0 Å². The average Bonchev–Trinajstić information content (AvgIpc) is 3.10. The highest BCUT2D eigenvalue weighted by Gasteiger charge is 2.46. The zero-order valence-corrected chi connectivity index (χ0v) is 13.6. The molecular formula is C16H30N2S. The topological polar surface area (TPSA) is 15.3 Å². The molecule has 110 valence electrons. The molecule has 3 atom stereocenters. The Morgan fingerprint density at radius 1 is 1.32 bits per heavy atom. The largest absolute Gasteiger partial charge is 0.308 e. The Bertz CT molecular complexity index is 310. The summed E-state index contributed by atoms with van der Waals surface area (Å²) in [7, 11) is 0. The first-order chi connectivity index (χ1) is 9.08. The molecule has 3 unspecified atom stereocenters. The Balaban J connectivity index is 1.66. The van der Waals surface area contributed by atoms with Crippen LogP contribution in [0.1, 0.15) is 46.5 Å². The van der Waals surface area contributed by atoms with E-state index in [2.05, 4.69) is 42.7 Å². The van der Waals surface area contributed by atoms with Gasteiger partial charge in [0.25, 0.3) is 0 Å². The number of thioether (sulfide) groups is 1. The summed E-state index contributed by atoms with van der Waals surface area (Å²) < 4.78 is 0. The second kappa shape index (κ2) is 5.57. The SMILES string of the molecule is CC(C)C1CNC(C)(C2CC2)CN1CC1CCCS1. The van der Waals surface area contributed by atoms with Crippen molar-refractivity contribution < 1.29 is 0 Å². The third-order valence-electron chi connectivity index (χ3n) is 5.43. The summed E-state index contributed by atoms with van der Waals surface area (Å²) >= 11 is 2.21. The number of hydrogen-bond donors (Lipinski definition) is 1. The van der Waals surface area contributed by atoms with Crippen molar-refractivity contribution in [3.05, 3.63) is 0 Å². The van der Waals surface area contributed by atoms with Crippen molar-refractivity contribution in [2.75, 3.05) is 25.4 Å². The average molecular weight is 282 g/mol. The van der Waals surface area contributed by atoms with Crippen LogP contribution in [0.4, 0.5) is 0 Å². The van der Waals surface area contributed by atoms with Crippen molar-refractivity contribution in [2.24, 2.45) is 11.8 Å². The molecule has 3 fully saturated rings. The lowest BCUT2D eigenvalue weighted by molar-refractivity contribution is 0.0528. The number of piperazine rings is 1. The summed E-state index contributed by atoms with van der Waals surface area (Å²) in [5.74, 6) is 3.10. The molecule has 1 aliphatic carbocycles. The summed E-state index contributed by atoms with van der Waals surface area (Å²) in [5, 5.41) is 4.80. The van der Waals surface area contributed by atoms with Crippen LogP contribution in [-0.4, -0.2) is 47.1 Å². The maximum absolute atomic E-state index is 3.90. The summed E-state index contributed by atoms with van der Waals surface area (Å²) in [6, 6.07) is 0.744. The molecule has 2 aliphatic heterocycles. The highest BCUT2D eigenvalue weighted by atomic mass is 32.2. The normalized spacial score (nSPS) is 41.1. The van der Waals surface area contributed by atoms with Crippen molar-refractivity contribution >= 4 is 11.8 Å². The van der Waals surface area contributed by atoms with Crippen LogP contribution >= 0.6 is 11.8 Å². The molecule has 2 nitrogen and oxygen atoms in total. The lowest BCUT2D eigenvalue weighted by atomic mass is 9.88. The third-order valence-corrected chi connectivity index (χ3v) is 6.81. The van der Waals surface area contributed by atoms with Crippen LogP contribution in [0.15, 0.2) is 0 Å². The maximum Gasteiger partial charge on any atom is 0.0309 e. The fourth-order valence-corrected chi connectivity index (χ4v) is 5.26. The van der Waals surface area contributed by atoms with E-state index in [0.29, 0.717) is 5.54 Å². The lowest BCUT2D eigenvalue weighted by Crippen LogP contribution is -2.65. The second-order valence-electron chi connectivity index (χ2n) is 7.45. The molecule has 1 N–H and O–H groups in total. The summed E-state index contributed by atoms with van der Waals surface area (Å²) in [5.41, 5.74) is 0.397. The molecule has 19 heavy (non-hydrogen) atoms. The van der Waals surface area contributed by atoms with Crippen molar-refractivity contribution in [2.45, 2.75) is 63.3 Å². The monoisotopic (exact) mass is 282 g/mol. The summed E-state index contributed by atoms with van der Waals surface area (Å²) in [6.45, 7) is 11.1. The van der Waals surface area contributed by atoms with Gasteiger partial charge in [0.15, 0.2) is 0 Å². The van der Waals surface area contributed by atoms with E-state index < -0.39 is 0 Å². The van der Waals surface area contributed by atoms with Crippen molar-refractivity contribution in [3.63, 3.8) is 0 Å². The quantitative estimate of drug-likeness (QED) is 0.853. The van der Waals surface area contributed by atoms with Gasteiger partial charge >= 0.3 is 0 Å². The predicted octanol–water partition coefficient (Wildman–Crippen LogP) is 2.98. The summed E-state index contributed by atoms with van der Waals surface area (Å²) in [6.07, 6.45) is 5.77. The zero-order valence-electron chi connectivity index (χ0n) is 12.8. The number of hydrogen-bond acceptors (Lipinski definition) is 3. The van der Waals surface area contributed by atoms with Crippen LogP contribution in [-0.2, 0) is 0 Å². The Kier molecular flexibility index (Phi) is 4.17. The molecule has 2 saturated heterocycles. The number of rotatable bonds is 4. The Morgan fingerprint density at radius 2 is 2.11 bits per heavy atom. The van der Waals surface area contributed by atoms with E-state index in [9.17, 15) is 0 Å². The zero-order chi connectivity index (χ0) is 13.5. The molecule has 0 bridgehead atoms. The standard InChI is InChI=1S/C16H30N2S/c1-12(2)15-9-17-16(3,13-6-7-13)11-18(15)10-14-5-4-8-19-14/h12-15,17H,4-11H2,1-3H3. The first-order valence-corrected chi connectivity index (χ1v) is 9.24. The summed E-state index contributed by atoms with van der Waals surface area (Å²) in [4.78, 5) is 2.84. The van der Waals surface area contributed by atoms with Crippen LogP contribution in [0.25, 0.3) is 0 Å². The van der Waals surface area contributed by atoms with Crippen molar-refractivity contribution in [1.29, 1.82) is 0 Å². The van der Waals surface area contributed by atoms with Gasteiger partial charge in [0.2, 0.25) is 0 Å². The van der Waals surface area contributed by atoms with E-state index in [0.717, 1.165) is 23.1 Å². The van der Waals surface area contributed by atoms with Gasteiger partial charge in [-0.3, -0.25) is 4.90 Å². The van der Waals surface area contributed by atoms with Gasteiger partial charge in [-0.15, -0.1) is 0 Å². The molecule has 1 saturated carbocycles. The van der Waals surface area contributed by atoms with Gasteiger partial charge in [0, 0.05) is 36.5 Å². The van der Waals surface area contributed by atoms with E-state index in [4.69, 9.17) is 0 Å². The van der Waals surface area contributed by atoms with Crippen LogP contribution in [0.3, 0.4) is 0 Å². The Morgan fingerprint density at radius 3 is 2.68 bits per heavy atom. The molecule has 0 spiro atoms. The molecule has 0 aromatic carbocycles. The van der Waals surface area contributed by atoms with Crippen LogP contribution in [0.2, 0.25) is 0 Å². The molecule has 0 aromatic heterocycles. The van der Waals surface area contributed by atoms with Gasteiger partial charge in [-0.25, -0.2) is 0 Å². The van der Waals surface area contributed by atoms with E-state index in [-0.39, 0.29) is 0 Å². The first-order valence-electron chi connectivity index (χ1n) is 8.19. The van der Waals surface area contributed by atoms with Crippen molar-refractivity contribution in [3.8, 4) is 0 Å². The van der Waals surface area contributed by atoms with Crippen LogP contribution in [0, 0.1) is 11.8 Å². The van der Waals surface area contributed by atoms with Gasteiger partial charge in [-0.1, -0.05) is 13.8 Å². The van der Waals surface area contributed by atoms with Gasteiger partial charge in [0.05, 0.1) is 0 Å². The Labute approximate surface area is 123 Å². The molecule has 0 radical (unpaired) electrons. The predicted molar refractivity (Wildman–Crippen MR) is 84.8 cm³/mol. The Hall–Kier alpha value is 0.270. The highest BCUT2D eigenvalue weighted by molar-refractivity contribution is 8.00. The molecule has 3 rings (SSSR count). The number of nitrogens with zero attached hydrogens (tertiary/aromatic N) is 1. The molecule has 3 aliphatic rings. The minimum absolute atomic E-state index is 0.397. The van der Waals surface area contributed by atoms with Gasteiger partial charge in [0.1, 0.15) is 0 Å². The molecule has 0 amide bonds. The lowest BCUT2D eigenvalue weighted by Gasteiger charge is -2.49. The van der Waals surface area contributed by atoms with E-state index in [1.807, 2.05) is 0 Å². The molecular weight excluding hydrogens is 252 g/mol. The number of nitrogens with one attached hydrogen (secondary N) is 1. The third kappa shape index (κ3) is 3.14. The van der Waals surface area contributed by atoms with E-state index in [1.165, 1.54) is 51.1 Å². The molecule has 2 heterocycles. The van der Waals surface area contributed by atoms with E-state index in [1.54, 1.807) is 0 Å². The van der Waals surface area contributed by atoms with Crippen LogP contribution in [0.5, 0.6) is 0 Å².